The van der Waals surface area contributed by atoms with Crippen LogP contribution in [-0.2, 0) is 6.42 Å². The first-order valence-corrected chi connectivity index (χ1v) is 10.7. The third-order valence-electron chi connectivity index (χ3n) is 3.81. The SMILES string of the molecule is CCc1c(C)sc(NC(=S)NC(=O)c2cc(Br)ccc2OC(C)C)c1C(N)=O. The molecule has 0 fully saturated rings. The lowest BCUT2D eigenvalue weighted by atomic mass is 10.1. The molecule has 9 heteroatoms. The van der Waals surface area contributed by atoms with Crippen molar-refractivity contribution < 1.29 is 14.3 Å². The van der Waals surface area contributed by atoms with Gasteiger partial charge in [0.25, 0.3) is 11.8 Å². The summed E-state index contributed by atoms with van der Waals surface area (Å²) in [5.74, 6) is -0.493. The van der Waals surface area contributed by atoms with Crippen molar-refractivity contribution in [1.82, 2.24) is 5.32 Å². The van der Waals surface area contributed by atoms with Crippen molar-refractivity contribution in [3.8, 4) is 5.75 Å². The van der Waals surface area contributed by atoms with Gasteiger partial charge in [-0.1, -0.05) is 22.9 Å². The molecule has 2 rings (SSSR count). The van der Waals surface area contributed by atoms with Gasteiger partial charge >= 0.3 is 0 Å². The van der Waals surface area contributed by atoms with Crippen molar-refractivity contribution in [3.63, 3.8) is 0 Å². The van der Waals surface area contributed by atoms with Crippen LogP contribution in [0.2, 0.25) is 0 Å². The molecule has 0 atom stereocenters. The van der Waals surface area contributed by atoms with Gasteiger partial charge in [0.05, 0.1) is 17.2 Å². The number of primary amides is 1. The fraction of sp³-hybridized carbons (Fsp3) is 0.316. The fourth-order valence-corrected chi connectivity index (χ4v) is 4.47. The highest BCUT2D eigenvalue weighted by Crippen LogP contribution is 2.33. The molecular formula is C19H22BrN3O3S2. The van der Waals surface area contributed by atoms with Gasteiger partial charge in [0.1, 0.15) is 10.8 Å². The van der Waals surface area contributed by atoms with Gasteiger partial charge in [-0.15, -0.1) is 11.3 Å². The molecule has 0 saturated heterocycles. The third-order valence-corrected chi connectivity index (χ3v) is 5.57. The Bertz CT molecular complexity index is 925. The number of hydrogen-bond acceptors (Lipinski definition) is 5. The van der Waals surface area contributed by atoms with Crippen molar-refractivity contribution >= 4 is 61.4 Å². The Labute approximate surface area is 182 Å². The van der Waals surface area contributed by atoms with Crippen molar-refractivity contribution in [2.45, 2.75) is 40.2 Å². The Hall–Kier alpha value is -1.97. The zero-order valence-corrected chi connectivity index (χ0v) is 19.2. The second-order valence-corrected chi connectivity index (χ2v) is 8.82. The summed E-state index contributed by atoms with van der Waals surface area (Å²) in [5, 5.41) is 6.16. The zero-order valence-electron chi connectivity index (χ0n) is 16.0. The molecule has 0 unspecified atom stereocenters. The summed E-state index contributed by atoms with van der Waals surface area (Å²) in [6.07, 6.45) is 0.590. The lowest BCUT2D eigenvalue weighted by molar-refractivity contribution is 0.0970. The lowest BCUT2D eigenvalue weighted by Crippen LogP contribution is -2.34. The predicted molar refractivity (Wildman–Crippen MR) is 121 cm³/mol. The van der Waals surface area contributed by atoms with Gasteiger partial charge in [-0.2, -0.15) is 0 Å². The Morgan fingerprint density at radius 2 is 2.04 bits per heavy atom. The molecule has 0 saturated carbocycles. The molecule has 0 bridgehead atoms. The average molecular weight is 484 g/mol. The van der Waals surface area contributed by atoms with Gasteiger partial charge in [-0.3, -0.25) is 14.9 Å². The van der Waals surface area contributed by atoms with Crippen LogP contribution in [0.25, 0.3) is 0 Å². The third kappa shape index (κ3) is 5.30. The lowest BCUT2D eigenvalue weighted by Gasteiger charge is -2.15. The van der Waals surface area contributed by atoms with E-state index in [-0.39, 0.29) is 11.2 Å². The minimum Gasteiger partial charge on any atom is -0.490 e. The standard InChI is InChI=1S/C19H22BrN3O3S2/c1-5-12-10(4)28-18(15(12)16(21)24)23-19(27)22-17(25)13-8-11(20)6-7-14(13)26-9(2)3/h6-9H,5H2,1-4H3,(H2,21,24)(H2,22,23,25,27). The molecule has 0 aliphatic carbocycles. The number of amides is 2. The number of thiophene rings is 1. The number of ether oxygens (including phenoxy) is 1. The molecule has 2 amide bonds. The Kier molecular flexibility index (Phi) is 7.56. The number of benzene rings is 1. The maximum absolute atomic E-state index is 12.7. The molecular weight excluding hydrogens is 462 g/mol. The van der Waals surface area contributed by atoms with Gasteiger partial charge in [-0.25, -0.2) is 0 Å². The maximum atomic E-state index is 12.7. The van der Waals surface area contributed by atoms with Crippen molar-refractivity contribution in [2.24, 2.45) is 5.73 Å². The van der Waals surface area contributed by atoms with E-state index in [1.165, 1.54) is 11.3 Å². The maximum Gasteiger partial charge on any atom is 0.261 e. The number of hydrogen-bond donors (Lipinski definition) is 3. The van der Waals surface area contributed by atoms with Gasteiger partial charge < -0.3 is 15.8 Å². The van der Waals surface area contributed by atoms with E-state index in [4.69, 9.17) is 22.7 Å². The summed E-state index contributed by atoms with van der Waals surface area (Å²) in [4.78, 5) is 25.6. The second-order valence-electron chi connectivity index (χ2n) is 6.27. The number of carbonyl (C=O) groups excluding carboxylic acids is 2. The number of halogens is 1. The van der Waals surface area contributed by atoms with Crippen LogP contribution >= 0.6 is 39.5 Å². The van der Waals surface area contributed by atoms with Gasteiger partial charge in [0.2, 0.25) is 0 Å². The number of aryl methyl sites for hydroxylation is 1. The monoisotopic (exact) mass is 483 g/mol. The average Bonchev–Trinajstić information content (AvgIpc) is 2.90. The molecule has 28 heavy (non-hydrogen) atoms. The fourth-order valence-electron chi connectivity index (χ4n) is 2.69. The Balaban J connectivity index is 2.22. The van der Waals surface area contributed by atoms with E-state index in [2.05, 4.69) is 26.6 Å². The van der Waals surface area contributed by atoms with Gasteiger partial charge in [0, 0.05) is 9.35 Å². The molecule has 150 valence electrons. The van der Waals surface area contributed by atoms with Crippen molar-refractivity contribution in [1.29, 1.82) is 0 Å². The number of carbonyl (C=O) groups is 2. The molecule has 1 heterocycles. The number of nitrogens with two attached hydrogens (primary N) is 1. The number of rotatable bonds is 6. The molecule has 1 aromatic heterocycles. The Morgan fingerprint density at radius 1 is 1.36 bits per heavy atom. The highest BCUT2D eigenvalue weighted by Gasteiger charge is 2.21. The summed E-state index contributed by atoms with van der Waals surface area (Å²) in [5.41, 5.74) is 7.17. The largest absolute Gasteiger partial charge is 0.490 e. The first kappa shape index (κ1) is 22.3. The van der Waals surface area contributed by atoms with Crippen LogP contribution in [0.1, 0.15) is 51.9 Å². The summed E-state index contributed by atoms with van der Waals surface area (Å²) in [6.45, 7) is 7.63. The van der Waals surface area contributed by atoms with E-state index >= 15 is 0 Å². The molecule has 2 aromatic rings. The van der Waals surface area contributed by atoms with Crippen molar-refractivity contribution in [3.05, 3.63) is 44.2 Å². The first-order valence-electron chi connectivity index (χ1n) is 8.64. The molecule has 6 nitrogen and oxygen atoms in total. The number of nitrogens with one attached hydrogen (secondary N) is 2. The molecule has 1 aromatic carbocycles. The normalized spacial score (nSPS) is 10.6. The topological polar surface area (TPSA) is 93.4 Å². The van der Waals surface area contributed by atoms with Crippen molar-refractivity contribution in [2.75, 3.05) is 5.32 Å². The summed E-state index contributed by atoms with van der Waals surface area (Å²) in [7, 11) is 0. The summed E-state index contributed by atoms with van der Waals surface area (Å²) >= 11 is 10.0. The highest BCUT2D eigenvalue weighted by molar-refractivity contribution is 9.10. The van der Waals surface area contributed by atoms with Gasteiger partial charge in [0.15, 0.2) is 5.11 Å². The van der Waals surface area contributed by atoms with Crippen LogP contribution in [0.5, 0.6) is 5.75 Å². The van der Waals surface area contributed by atoms with Crippen LogP contribution in [-0.4, -0.2) is 23.0 Å². The summed E-state index contributed by atoms with van der Waals surface area (Å²) < 4.78 is 6.44. The predicted octanol–water partition coefficient (Wildman–Crippen LogP) is 4.39. The smallest absolute Gasteiger partial charge is 0.261 e. The van der Waals surface area contributed by atoms with Gasteiger partial charge in [-0.05, 0) is 63.2 Å². The molecule has 0 aliphatic rings. The molecule has 0 spiro atoms. The van der Waals surface area contributed by atoms with E-state index < -0.39 is 11.8 Å². The minimum absolute atomic E-state index is 0.0758. The van der Waals surface area contributed by atoms with E-state index in [1.807, 2.05) is 27.7 Å². The van der Waals surface area contributed by atoms with E-state index in [0.717, 1.165) is 14.9 Å². The highest BCUT2D eigenvalue weighted by atomic mass is 79.9. The first-order chi connectivity index (χ1) is 13.1. The van der Waals surface area contributed by atoms with Crippen LogP contribution in [0.15, 0.2) is 22.7 Å². The number of anilines is 1. The molecule has 0 aliphatic heterocycles. The van der Waals surface area contributed by atoms with E-state index in [1.54, 1.807) is 18.2 Å². The molecule has 4 N–H and O–H groups in total. The van der Waals surface area contributed by atoms with Crippen LogP contribution < -0.4 is 21.1 Å². The Morgan fingerprint density at radius 3 is 2.61 bits per heavy atom. The zero-order chi connectivity index (χ0) is 21.0. The second kappa shape index (κ2) is 9.49. The molecule has 0 radical (unpaired) electrons. The summed E-state index contributed by atoms with van der Waals surface area (Å²) in [6, 6.07) is 5.18. The van der Waals surface area contributed by atoms with E-state index in [9.17, 15) is 9.59 Å². The van der Waals surface area contributed by atoms with Crippen LogP contribution in [0.3, 0.4) is 0 Å². The quantitative estimate of drug-likeness (QED) is 0.529. The number of thiocarbonyl (C=S) groups is 1. The van der Waals surface area contributed by atoms with Crippen LogP contribution in [0.4, 0.5) is 5.00 Å². The van der Waals surface area contributed by atoms with Crippen LogP contribution in [0, 0.1) is 6.92 Å². The van der Waals surface area contributed by atoms with E-state index in [0.29, 0.717) is 28.3 Å². The minimum atomic E-state index is -0.530.